The Morgan fingerprint density at radius 2 is 2.25 bits per heavy atom. The highest BCUT2D eigenvalue weighted by Crippen LogP contribution is 2.17. The molecule has 1 aliphatic heterocycles. The summed E-state index contributed by atoms with van der Waals surface area (Å²) in [4.78, 5) is 21.2. The maximum Gasteiger partial charge on any atom is 0.408 e. The quantitative estimate of drug-likeness (QED) is 0.625. The Labute approximate surface area is 69.7 Å². The number of nitrogens with one attached hydrogen (secondary N) is 1. The van der Waals surface area contributed by atoms with Crippen molar-refractivity contribution in [2.75, 3.05) is 0 Å². The molecule has 0 radical (unpaired) electrons. The first-order valence-electron chi connectivity index (χ1n) is 3.72. The third-order valence-corrected chi connectivity index (χ3v) is 1.77. The predicted octanol–water partition coefficient (Wildman–Crippen LogP) is 0.204. The Morgan fingerprint density at radius 1 is 1.67 bits per heavy atom. The molecule has 0 saturated carbocycles. The van der Waals surface area contributed by atoms with Crippen LogP contribution in [0.3, 0.4) is 0 Å². The fourth-order valence-corrected chi connectivity index (χ4v) is 1.16. The molecule has 68 valence electrons. The van der Waals surface area contributed by atoms with Crippen molar-refractivity contribution in [1.29, 1.82) is 0 Å². The van der Waals surface area contributed by atoms with Crippen LogP contribution in [-0.4, -0.2) is 29.3 Å². The third kappa shape index (κ3) is 1.49. The van der Waals surface area contributed by atoms with E-state index >= 15 is 0 Å². The molecule has 1 fully saturated rings. The van der Waals surface area contributed by atoms with Gasteiger partial charge in [-0.15, -0.1) is 0 Å². The molecule has 0 aromatic rings. The van der Waals surface area contributed by atoms with E-state index in [4.69, 9.17) is 9.84 Å². The van der Waals surface area contributed by atoms with Crippen LogP contribution in [0.1, 0.15) is 13.8 Å². The minimum absolute atomic E-state index is 0.00468. The van der Waals surface area contributed by atoms with Gasteiger partial charge in [0, 0.05) is 0 Å². The molecule has 0 bridgehead atoms. The minimum Gasteiger partial charge on any atom is -0.480 e. The fraction of sp³-hybridized carbons (Fsp3) is 0.714. The summed E-state index contributed by atoms with van der Waals surface area (Å²) >= 11 is 0. The third-order valence-electron chi connectivity index (χ3n) is 1.77. The van der Waals surface area contributed by atoms with Gasteiger partial charge in [-0.25, -0.2) is 9.59 Å². The molecule has 5 heteroatoms. The van der Waals surface area contributed by atoms with Crippen LogP contribution >= 0.6 is 0 Å². The number of carboxylic acids is 1. The van der Waals surface area contributed by atoms with E-state index in [1.807, 2.05) is 0 Å². The van der Waals surface area contributed by atoms with Crippen LogP contribution in [0, 0.1) is 5.92 Å². The Bertz CT molecular complexity index is 213. The van der Waals surface area contributed by atoms with E-state index in [9.17, 15) is 9.59 Å². The second-order valence-electron chi connectivity index (χ2n) is 3.07. The SMILES string of the molecule is CC(C)[C@@H]1OC(=O)N[C@@H]1C(=O)O. The van der Waals surface area contributed by atoms with Gasteiger partial charge >= 0.3 is 12.1 Å². The van der Waals surface area contributed by atoms with Crippen molar-refractivity contribution >= 4 is 12.1 Å². The van der Waals surface area contributed by atoms with Gasteiger partial charge in [-0.2, -0.15) is 0 Å². The average molecular weight is 173 g/mol. The molecule has 5 nitrogen and oxygen atoms in total. The molecule has 1 heterocycles. The lowest BCUT2D eigenvalue weighted by Gasteiger charge is -2.15. The average Bonchev–Trinajstić information content (AvgIpc) is 2.31. The van der Waals surface area contributed by atoms with Crippen LogP contribution in [0.15, 0.2) is 0 Å². The van der Waals surface area contributed by atoms with Gasteiger partial charge in [0.25, 0.3) is 0 Å². The number of ether oxygens (including phenoxy) is 1. The Balaban J connectivity index is 2.72. The fourth-order valence-electron chi connectivity index (χ4n) is 1.16. The molecule has 0 aromatic heterocycles. The van der Waals surface area contributed by atoms with Crippen LogP contribution in [-0.2, 0) is 9.53 Å². The molecule has 0 unspecified atom stereocenters. The summed E-state index contributed by atoms with van der Waals surface area (Å²) < 4.78 is 4.77. The van der Waals surface area contributed by atoms with Crippen molar-refractivity contribution in [3.63, 3.8) is 0 Å². The second kappa shape index (κ2) is 3.00. The molecule has 1 aliphatic rings. The first-order valence-corrected chi connectivity index (χ1v) is 3.72. The van der Waals surface area contributed by atoms with E-state index in [-0.39, 0.29) is 5.92 Å². The zero-order valence-corrected chi connectivity index (χ0v) is 6.90. The van der Waals surface area contributed by atoms with Crippen LogP contribution < -0.4 is 5.32 Å². The molecular weight excluding hydrogens is 162 g/mol. The van der Waals surface area contributed by atoms with Crippen molar-refractivity contribution in [2.24, 2.45) is 5.92 Å². The predicted molar refractivity (Wildman–Crippen MR) is 39.7 cm³/mol. The van der Waals surface area contributed by atoms with Crippen LogP contribution in [0.2, 0.25) is 0 Å². The molecule has 1 saturated heterocycles. The number of aliphatic carboxylic acids is 1. The van der Waals surface area contributed by atoms with Gasteiger partial charge in [0.05, 0.1) is 0 Å². The first-order chi connectivity index (χ1) is 5.52. The standard InChI is InChI=1S/C7H11NO4/c1-3(2)5-4(6(9)10)8-7(11)12-5/h3-5H,1-2H3,(H,8,11)(H,9,10)/t4-,5-/m0/s1. The molecular formula is C7H11NO4. The van der Waals surface area contributed by atoms with Crippen molar-refractivity contribution < 1.29 is 19.4 Å². The van der Waals surface area contributed by atoms with Crippen molar-refractivity contribution in [2.45, 2.75) is 26.0 Å². The first kappa shape index (κ1) is 8.83. The van der Waals surface area contributed by atoms with E-state index in [1.54, 1.807) is 13.8 Å². The number of cyclic esters (lactones) is 1. The molecule has 0 aromatic carbocycles. The van der Waals surface area contributed by atoms with Gasteiger partial charge in [-0.3, -0.25) is 0 Å². The van der Waals surface area contributed by atoms with Gasteiger partial charge in [-0.05, 0) is 5.92 Å². The Hall–Kier alpha value is -1.26. The summed E-state index contributed by atoms with van der Waals surface area (Å²) in [6.07, 6.45) is -1.21. The number of rotatable bonds is 2. The van der Waals surface area contributed by atoms with Crippen molar-refractivity contribution in [1.82, 2.24) is 5.32 Å². The maximum absolute atomic E-state index is 10.7. The van der Waals surface area contributed by atoms with Gasteiger partial charge < -0.3 is 15.2 Å². The maximum atomic E-state index is 10.7. The smallest absolute Gasteiger partial charge is 0.408 e. The van der Waals surface area contributed by atoms with Crippen molar-refractivity contribution in [3.8, 4) is 0 Å². The van der Waals surface area contributed by atoms with E-state index in [0.29, 0.717) is 0 Å². The Morgan fingerprint density at radius 3 is 2.58 bits per heavy atom. The number of alkyl carbamates (subject to hydrolysis) is 1. The molecule has 1 amide bonds. The number of carbonyl (C=O) groups excluding carboxylic acids is 1. The van der Waals surface area contributed by atoms with Crippen LogP contribution in [0.4, 0.5) is 4.79 Å². The summed E-state index contributed by atoms with van der Waals surface area (Å²) in [7, 11) is 0. The van der Waals surface area contributed by atoms with Gasteiger partial charge in [-0.1, -0.05) is 13.8 Å². The summed E-state index contributed by atoms with van der Waals surface area (Å²) in [5.41, 5.74) is 0. The van der Waals surface area contributed by atoms with Crippen LogP contribution in [0.5, 0.6) is 0 Å². The highest BCUT2D eigenvalue weighted by atomic mass is 16.6. The van der Waals surface area contributed by atoms with E-state index in [1.165, 1.54) is 0 Å². The highest BCUT2D eigenvalue weighted by molar-refractivity contribution is 5.83. The number of hydrogen-bond acceptors (Lipinski definition) is 3. The number of carbonyl (C=O) groups is 2. The summed E-state index contributed by atoms with van der Waals surface area (Å²) in [5, 5.41) is 10.9. The lowest BCUT2D eigenvalue weighted by atomic mass is 10.0. The minimum atomic E-state index is -1.06. The topological polar surface area (TPSA) is 75.6 Å². The zero-order chi connectivity index (χ0) is 9.30. The van der Waals surface area contributed by atoms with Gasteiger partial charge in [0.1, 0.15) is 6.10 Å². The lowest BCUT2D eigenvalue weighted by molar-refractivity contribution is -0.140. The number of hydrogen-bond donors (Lipinski definition) is 2. The largest absolute Gasteiger partial charge is 0.480 e. The summed E-state index contributed by atoms with van der Waals surface area (Å²) in [5.74, 6) is -1.05. The van der Waals surface area contributed by atoms with Crippen molar-refractivity contribution in [3.05, 3.63) is 0 Å². The van der Waals surface area contributed by atoms with Crippen LogP contribution in [0.25, 0.3) is 0 Å². The number of amides is 1. The molecule has 2 atom stereocenters. The van der Waals surface area contributed by atoms with E-state index < -0.39 is 24.2 Å². The van der Waals surface area contributed by atoms with Gasteiger partial charge in [0.2, 0.25) is 0 Å². The summed E-state index contributed by atoms with van der Waals surface area (Å²) in [6, 6.07) is -0.905. The molecule has 0 spiro atoms. The summed E-state index contributed by atoms with van der Waals surface area (Å²) in [6.45, 7) is 3.61. The Kier molecular flexibility index (Phi) is 2.21. The van der Waals surface area contributed by atoms with E-state index in [0.717, 1.165) is 0 Å². The molecule has 2 N–H and O–H groups in total. The van der Waals surface area contributed by atoms with Gasteiger partial charge in [0.15, 0.2) is 6.04 Å². The molecule has 0 aliphatic carbocycles. The highest BCUT2D eigenvalue weighted by Gasteiger charge is 2.40. The normalized spacial score (nSPS) is 28.4. The molecule has 1 rings (SSSR count). The zero-order valence-electron chi connectivity index (χ0n) is 6.90. The molecule has 12 heavy (non-hydrogen) atoms. The number of carboxylic acid groups (broad SMARTS) is 1. The van der Waals surface area contributed by atoms with E-state index in [2.05, 4.69) is 5.32 Å². The second-order valence-corrected chi connectivity index (χ2v) is 3.07. The monoisotopic (exact) mass is 173 g/mol. The lowest BCUT2D eigenvalue weighted by Crippen LogP contribution is -2.41.